The summed E-state index contributed by atoms with van der Waals surface area (Å²) in [6.07, 6.45) is 2.64. The first-order chi connectivity index (χ1) is 9.07. The van der Waals surface area contributed by atoms with Crippen molar-refractivity contribution in [2.45, 2.75) is 26.4 Å². The number of benzene rings is 1. The molecule has 2 N–H and O–H groups in total. The first-order valence-corrected chi connectivity index (χ1v) is 8.37. The molecule has 104 valence electrons. The van der Waals surface area contributed by atoms with Crippen LogP contribution in [0.2, 0.25) is 0 Å². The lowest BCUT2D eigenvalue weighted by atomic mass is 10.1. The van der Waals surface area contributed by atoms with Gasteiger partial charge in [0.05, 0.1) is 11.3 Å². The number of fused-ring (bicyclic) bond motifs is 1. The summed E-state index contributed by atoms with van der Waals surface area (Å²) >= 11 is 0. The Hall–Kier alpha value is -1.33. The second-order valence-corrected chi connectivity index (χ2v) is 7.13. The highest BCUT2D eigenvalue weighted by atomic mass is 32.2. The fraction of sp³-hybridized carbons (Fsp3) is 0.429. The number of nitrogens with two attached hydrogens (primary N) is 1. The molecular formula is C14H20N2O2S. The summed E-state index contributed by atoms with van der Waals surface area (Å²) in [4.78, 5) is 0. The zero-order chi connectivity index (χ0) is 13.9. The van der Waals surface area contributed by atoms with Crippen LogP contribution in [0, 0.1) is 0 Å². The lowest BCUT2D eigenvalue weighted by Gasteiger charge is -2.08. The zero-order valence-corrected chi connectivity index (χ0v) is 12.0. The van der Waals surface area contributed by atoms with Crippen molar-refractivity contribution in [3.8, 4) is 0 Å². The fourth-order valence-corrected chi connectivity index (χ4v) is 3.15. The van der Waals surface area contributed by atoms with E-state index < -0.39 is 9.84 Å². The number of aryl methyl sites for hydroxylation is 1. The summed E-state index contributed by atoms with van der Waals surface area (Å²) in [6, 6.07) is 8.11. The van der Waals surface area contributed by atoms with Crippen molar-refractivity contribution in [2.75, 3.05) is 11.5 Å². The summed E-state index contributed by atoms with van der Waals surface area (Å²) in [5, 5.41) is 1.15. The topological polar surface area (TPSA) is 65.1 Å². The second-order valence-electron chi connectivity index (χ2n) is 4.66. The van der Waals surface area contributed by atoms with Gasteiger partial charge in [-0.15, -0.1) is 0 Å². The van der Waals surface area contributed by atoms with Crippen molar-refractivity contribution in [3.63, 3.8) is 0 Å². The molecule has 19 heavy (non-hydrogen) atoms. The quantitative estimate of drug-likeness (QED) is 0.879. The van der Waals surface area contributed by atoms with E-state index >= 15 is 0 Å². The van der Waals surface area contributed by atoms with E-state index in [0.717, 1.165) is 16.5 Å². The van der Waals surface area contributed by atoms with E-state index in [0.29, 0.717) is 19.5 Å². The van der Waals surface area contributed by atoms with Gasteiger partial charge in [-0.25, -0.2) is 8.42 Å². The molecule has 0 aliphatic heterocycles. The van der Waals surface area contributed by atoms with Crippen LogP contribution in [0.3, 0.4) is 0 Å². The molecule has 0 amide bonds. The molecule has 0 aliphatic carbocycles. The van der Waals surface area contributed by atoms with E-state index in [9.17, 15) is 8.42 Å². The summed E-state index contributed by atoms with van der Waals surface area (Å²) in [5.41, 5.74) is 7.98. The van der Waals surface area contributed by atoms with Gasteiger partial charge >= 0.3 is 0 Å². The summed E-state index contributed by atoms with van der Waals surface area (Å²) in [7, 11) is -2.88. The fourth-order valence-electron chi connectivity index (χ4n) is 2.29. The van der Waals surface area contributed by atoms with E-state index in [2.05, 4.69) is 4.57 Å². The zero-order valence-electron chi connectivity index (χ0n) is 11.2. The molecule has 0 radical (unpaired) electrons. The maximum absolute atomic E-state index is 11.5. The average Bonchev–Trinajstić information content (AvgIpc) is 2.82. The van der Waals surface area contributed by atoms with E-state index in [1.165, 1.54) is 0 Å². The molecule has 2 rings (SSSR count). The van der Waals surface area contributed by atoms with Crippen LogP contribution in [-0.4, -0.2) is 24.5 Å². The van der Waals surface area contributed by atoms with Gasteiger partial charge in [-0.05, 0) is 23.4 Å². The predicted molar refractivity (Wildman–Crippen MR) is 78.8 cm³/mol. The monoisotopic (exact) mass is 280 g/mol. The molecule has 0 saturated carbocycles. The minimum absolute atomic E-state index is 0.216. The van der Waals surface area contributed by atoms with Crippen LogP contribution in [-0.2, 0) is 22.9 Å². The Morgan fingerprint density at radius 3 is 2.74 bits per heavy atom. The molecule has 0 aliphatic rings. The summed E-state index contributed by atoms with van der Waals surface area (Å²) in [6.45, 7) is 2.89. The molecule has 2 aromatic rings. The number of rotatable bonds is 6. The first kappa shape index (κ1) is 14.1. The molecule has 0 bridgehead atoms. The summed E-state index contributed by atoms with van der Waals surface area (Å²) in [5.74, 6) is 0.460. The van der Waals surface area contributed by atoms with Gasteiger partial charge in [0.15, 0.2) is 0 Å². The lowest BCUT2D eigenvalue weighted by Crippen LogP contribution is -2.11. The van der Waals surface area contributed by atoms with Crippen molar-refractivity contribution in [3.05, 3.63) is 36.0 Å². The third-order valence-electron chi connectivity index (χ3n) is 3.39. The van der Waals surface area contributed by atoms with Gasteiger partial charge in [0, 0.05) is 25.0 Å². The van der Waals surface area contributed by atoms with Crippen LogP contribution in [0.25, 0.3) is 10.9 Å². The molecule has 1 aromatic carbocycles. The molecule has 1 aromatic heterocycles. The number of aromatic nitrogens is 1. The van der Waals surface area contributed by atoms with Crippen molar-refractivity contribution in [1.82, 2.24) is 4.57 Å². The van der Waals surface area contributed by atoms with Crippen LogP contribution >= 0.6 is 0 Å². The summed E-state index contributed by atoms with van der Waals surface area (Å²) < 4.78 is 25.1. The average molecular weight is 280 g/mol. The van der Waals surface area contributed by atoms with E-state index in [1.54, 1.807) is 6.92 Å². The minimum Gasteiger partial charge on any atom is -0.347 e. The van der Waals surface area contributed by atoms with Gasteiger partial charge < -0.3 is 10.3 Å². The Balaban J connectivity index is 2.17. The Morgan fingerprint density at radius 1 is 1.26 bits per heavy atom. The highest BCUT2D eigenvalue weighted by molar-refractivity contribution is 7.91. The molecule has 0 unspecified atom stereocenters. The normalized spacial score (nSPS) is 12.1. The van der Waals surface area contributed by atoms with Crippen molar-refractivity contribution < 1.29 is 8.42 Å². The largest absolute Gasteiger partial charge is 0.347 e. The third-order valence-corrected chi connectivity index (χ3v) is 5.18. The lowest BCUT2D eigenvalue weighted by molar-refractivity contribution is 0.589. The Labute approximate surface area is 114 Å². The Kier molecular flexibility index (Phi) is 4.27. The Morgan fingerprint density at radius 2 is 2.05 bits per heavy atom. The predicted octanol–water partition coefficient (Wildman–Crippen LogP) is 1.92. The number of nitrogens with zero attached hydrogens (tertiary/aromatic N) is 1. The third kappa shape index (κ3) is 3.16. The number of sulfone groups is 1. The first-order valence-electron chi connectivity index (χ1n) is 6.54. The van der Waals surface area contributed by atoms with Crippen molar-refractivity contribution >= 4 is 20.7 Å². The van der Waals surface area contributed by atoms with Gasteiger partial charge in [-0.1, -0.05) is 25.1 Å². The van der Waals surface area contributed by atoms with Gasteiger partial charge in [-0.2, -0.15) is 0 Å². The molecule has 5 heteroatoms. The van der Waals surface area contributed by atoms with Crippen molar-refractivity contribution in [1.29, 1.82) is 0 Å². The van der Waals surface area contributed by atoms with Crippen molar-refractivity contribution in [2.24, 2.45) is 5.73 Å². The smallest absolute Gasteiger partial charge is 0.150 e. The number of hydrogen-bond donors (Lipinski definition) is 1. The van der Waals surface area contributed by atoms with E-state index in [4.69, 9.17) is 5.73 Å². The molecule has 0 fully saturated rings. The number of para-hydroxylation sites is 1. The highest BCUT2D eigenvalue weighted by Crippen LogP contribution is 2.20. The van der Waals surface area contributed by atoms with E-state index in [-0.39, 0.29) is 11.5 Å². The van der Waals surface area contributed by atoms with Crippen LogP contribution in [0.15, 0.2) is 30.5 Å². The molecule has 0 atom stereocenters. The van der Waals surface area contributed by atoms with Gasteiger partial charge in [0.25, 0.3) is 0 Å². The molecule has 4 nitrogen and oxygen atoms in total. The van der Waals surface area contributed by atoms with Crippen LogP contribution < -0.4 is 5.73 Å². The minimum atomic E-state index is -2.88. The molecule has 0 saturated heterocycles. The second kappa shape index (κ2) is 5.75. The van der Waals surface area contributed by atoms with Crippen LogP contribution in [0.5, 0.6) is 0 Å². The van der Waals surface area contributed by atoms with E-state index in [1.807, 2.05) is 30.5 Å². The molecular weight excluding hydrogens is 260 g/mol. The SMILES string of the molecule is CCS(=O)(=O)CCCn1ccc2cccc(CN)c21. The molecule has 0 spiro atoms. The highest BCUT2D eigenvalue weighted by Gasteiger charge is 2.09. The van der Waals surface area contributed by atoms with Gasteiger partial charge in [-0.3, -0.25) is 0 Å². The molecule has 1 heterocycles. The maximum Gasteiger partial charge on any atom is 0.150 e. The van der Waals surface area contributed by atoms with Crippen LogP contribution in [0.1, 0.15) is 18.9 Å². The standard InChI is InChI=1S/C14H20N2O2S/c1-2-19(17,18)10-4-8-16-9-7-12-5-3-6-13(11-15)14(12)16/h3,5-7,9H,2,4,8,10-11,15H2,1H3. The van der Waals surface area contributed by atoms with Gasteiger partial charge in [0.2, 0.25) is 0 Å². The van der Waals surface area contributed by atoms with Crippen LogP contribution in [0.4, 0.5) is 0 Å². The Bertz CT molecular complexity index is 659. The number of hydrogen-bond acceptors (Lipinski definition) is 3. The van der Waals surface area contributed by atoms with Gasteiger partial charge in [0.1, 0.15) is 9.84 Å². The maximum atomic E-state index is 11.5.